The van der Waals surface area contributed by atoms with Gasteiger partial charge in [0.1, 0.15) is 11.9 Å². The van der Waals surface area contributed by atoms with Crippen molar-refractivity contribution in [1.82, 2.24) is 24.1 Å². The number of rotatable bonds is 4. The van der Waals surface area contributed by atoms with E-state index in [4.69, 9.17) is 0 Å². The minimum atomic E-state index is -1.13. The van der Waals surface area contributed by atoms with E-state index in [1.807, 2.05) is 13.8 Å². The summed E-state index contributed by atoms with van der Waals surface area (Å²) in [5, 5.41) is 9.18. The number of pyridine rings is 1. The van der Waals surface area contributed by atoms with E-state index in [0.29, 0.717) is 11.4 Å². The molecular formula is C17H16F2N5O2Pt-. The Morgan fingerprint density at radius 1 is 1.11 bits per heavy atom. The fourth-order valence-electron chi connectivity index (χ4n) is 2.63. The van der Waals surface area contributed by atoms with Gasteiger partial charge in [-0.3, -0.25) is 9.97 Å². The maximum atomic E-state index is 14.0. The molecule has 3 aromatic rings. The summed E-state index contributed by atoms with van der Waals surface area (Å²) in [6.07, 6.45) is 3.30. The van der Waals surface area contributed by atoms with Crippen LogP contribution in [-0.4, -0.2) is 35.2 Å². The number of halogens is 2. The van der Waals surface area contributed by atoms with Crippen LogP contribution in [0, 0.1) is 18.0 Å². The van der Waals surface area contributed by atoms with Crippen molar-refractivity contribution in [3.63, 3.8) is 0 Å². The fraction of sp³-hybridized carbons (Fsp3) is 0.294. The first-order valence-electron chi connectivity index (χ1n) is 7.66. The van der Waals surface area contributed by atoms with Crippen LogP contribution in [-0.2, 0) is 40.6 Å². The minimum Gasteiger partial charge on any atom is -0.475 e. The third-order valence-electron chi connectivity index (χ3n) is 4.20. The first-order chi connectivity index (χ1) is 12.1. The number of carboxylic acids is 1. The van der Waals surface area contributed by atoms with E-state index < -0.39 is 23.3 Å². The van der Waals surface area contributed by atoms with E-state index in [1.54, 1.807) is 31.1 Å². The van der Waals surface area contributed by atoms with Gasteiger partial charge < -0.3 is 14.2 Å². The number of aromatic carboxylic acids is 1. The molecule has 0 saturated heterocycles. The smallest absolute Gasteiger partial charge is 0.372 e. The summed E-state index contributed by atoms with van der Waals surface area (Å²) in [6.45, 7) is 3.66. The predicted octanol–water partition coefficient (Wildman–Crippen LogP) is 2.32. The number of imidazole rings is 2. The van der Waals surface area contributed by atoms with E-state index >= 15 is 0 Å². The molecule has 3 aromatic heterocycles. The van der Waals surface area contributed by atoms with Crippen LogP contribution in [0.15, 0.2) is 18.5 Å². The molecule has 10 heteroatoms. The molecule has 1 N–H and O–H groups in total. The largest absolute Gasteiger partial charge is 0.475 e. The molecule has 0 unspecified atom stereocenters. The second kappa shape index (κ2) is 7.31. The van der Waals surface area contributed by atoms with Crippen LogP contribution in [0.4, 0.5) is 8.78 Å². The molecule has 27 heavy (non-hydrogen) atoms. The van der Waals surface area contributed by atoms with Crippen molar-refractivity contribution < 1.29 is 39.7 Å². The van der Waals surface area contributed by atoms with Crippen LogP contribution in [0.25, 0.3) is 11.4 Å². The van der Waals surface area contributed by atoms with E-state index in [2.05, 4.69) is 21.0 Å². The van der Waals surface area contributed by atoms with Crippen LogP contribution >= 0.6 is 0 Å². The predicted molar refractivity (Wildman–Crippen MR) is 87.5 cm³/mol. The molecule has 0 aliphatic rings. The molecular weight excluding hydrogens is 539 g/mol. The fourth-order valence-corrected chi connectivity index (χ4v) is 2.63. The maximum absolute atomic E-state index is 14.0. The third kappa shape index (κ3) is 3.69. The molecule has 0 spiro atoms. The van der Waals surface area contributed by atoms with Crippen LogP contribution in [0.1, 0.15) is 35.9 Å². The second-order valence-electron chi connectivity index (χ2n) is 6.44. The molecule has 0 atom stereocenters. The monoisotopic (exact) mass is 555 g/mol. The Kier molecular flexibility index (Phi) is 5.65. The van der Waals surface area contributed by atoms with Crippen LogP contribution in [0.5, 0.6) is 0 Å². The Hall–Kier alpha value is -2.41. The molecule has 146 valence electrons. The normalized spacial score (nSPS) is 11.3. The number of aryl methyl sites for hydroxylation is 2. The SMILES string of the molecule is Cn1cc(C(C)(C)c2cn(C)c(-c3[c-]cc(F)nc3F)n2)nc1C(=O)O.[Pt]. The molecule has 3 heterocycles. The maximum Gasteiger partial charge on any atom is 0.372 e. The molecule has 7 nitrogen and oxygen atoms in total. The minimum absolute atomic E-state index is 0. The Morgan fingerprint density at radius 3 is 2.26 bits per heavy atom. The van der Waals surface area contributed by atoms with Gasteiger partial charge >= 0.3 is 5.97 Å². The van der Waals surface area contributed by atoms with Gasteiger partial charge in [0.2, 0.25) is 5.82 Å². The van der Waals surface area contributed by atoms with Gasteiger partial charge in [0.05, 0.1) is 22.6 Å². The first kappa shape index (κ1) is 20.9. The molecule has 3 rings (SSSR count). The average molecular weight is 555 g/mol. The summed E-state index contributed by atoms with van der Waals surface area (Å²) in [5.41, 5.74) is 0.250. The van der Waals surface area contributed by atoms with Crippen LogP contribution in [0.2, 0.25) is 0 Å². The number of aromatic nitrogens is 5. The zero-order valence-corrected chi connectivity index (χ0v) is 17.2. The summed E-state index contributed by atoms with van der Waals surface area (Å²) in [5.74, 6) is -2.96. The number of hydrogen-bond acceptors (Lipinski definition) is 4. The molecule has 0 aliphatic heterocycles. The summed E-state index contributed by atoms with van der Waals surface area (Å²) < 4.78 is 30.0. The zero-order valence-electron chi connectivity index (χ0n) is 14.9. The third-order valence-corrected chi connectivity index (χ3v) is 4.20. The van der Waals surface area contributed by atoms with Gasteiger partial charge in [-0.25, -0.2) is 18.6 Å². The topological polar surface area (TPSA) is 85.8 Å². The first-order valence-corrected chi connectivity index (χ1v) is 7.66. The molecule has 0 bridgehead atoms. The molecule has 0 fully saturated rings. The van der Waals surface area contributed by atoms with Gasteiger partial charge in [0.25, 0.3) is 0 Å². The molecule has 0 radical (unpaired) electrons. The van der Waals surface area contributed by atoms with Gasteiger partial charge in [-0.2, -0.15) is 0 Å². The summed E-state index contributed by atoms with van der Waals surface area (Å²) in [4.78, 5) is 23.0. The summed E-state index contributed by atoms with van der Waals surface area (Å²) in [7, 11) is 3.26. The van der Waals surface area contributed by atoms with Gasteiger partial charge in [-0.15, -0.1) is 6.07 Å². The standard InChI is InChI=1S/C17H16F2N5O2.Pt/c1-17(2,11-8-24(4)15(21-11)16(25)26)10-7-23(3)14(20-10)9-5-6-12(18)22-13(9)19;/h6-8H,1-4H3,(H,25,26);/q-1;. The molecule has 0 aliphatic carbocycles. The molecule has 0 aromatic carbocycles. The average Bonchev–Trinajstić information content (AvgIpc) is 3.11. The van der Waals surface area contributed by atoms with E-state index in [1.165, 1.54) is 4.57 Å². The molecule has 0 saturated carbocycles. The van der Waals surface area contributed by atoms with Crippen molar-refractivity contribution in [3.8, 4) is 11.4 Å². The zero-order chi connectivity index (χ0) is 19.2. The van der Waals surface area contributed by atoms with E-state index in [-0.39, 0.29) is 38.3 Å². The number of nitrogens with zero attached hydrogens (tertiary/aromatic N) is 5. The number of carbonyl (C=O) groups is 1. The summed E-state index contributed by atoms with van der Waals surface area (Å²) in [6, 6.07) is 3.44. The van der Waals surface area contributed by atoms with Gasteiger partial charge in [0.15, 0.2) is 0 Å². The molecule has 0 amide bonds. The Labute approximate surface area is 168 Å². The van der Waals surface area contributed by atoms with Crippen molar-refractivity contribution in [3.05, 3.63) is 53.6 Å². The van der Waals surface area contributed by atoms with Crippen molar-refractivity contribution >= 4 is 5.97 Å². The van der Waals surface area contributed by atoms with Crippen molar-refractivity contribution in [1.29, 1.82) is 0 Å². The van der Waals surface area contributed by atoms with Crippen LogP contribution < -0.4 is 0 Å². The van der Waals surface area contributed by atoms with Gasteiger partial charge in [-0.1, -0.05) is 11.6 Å². The van der Waals surface area contributed by atoms with E-state index in [9.17, 15) is 18.7 Å². The van der Waals surface area contributed by atoms with E-state index in [0.717, 1.165) is 6.07 Å². The Balaban J connectivity index is 0.00000261. The summed E-state index contributed by atoms with van der Waals surface area (Å²) >= 11 is 0. The van der Waals surface area contributed by atoms with Gasteiger partial charge in [0, 0.05) is 47.6 Å². The van der Waals surface area contributed by atoms with Gasteiger partial charge in [-0.05, 0) is 13.8 Å². The van der Waals surface area contributed by atoms with Crippen molar-refractivity contribution in [2.45, 2.75) is 19.3 Å². The van der Waals surface area contributed by atoms with Crippen molar-refractivity contribution in [2.24, 2.45) is 14.1 Å². The quantitative estimate of drug-likeness (QED) is 0.395. The Morgan fingerprint density at radius 2 is 1.70 bits per heavy atom. The Bertz CT molecular complexity index is 1010. The van der Waals surface area contributed by atoms with Crippen LogP contribution in [0.3, 0.4) is 0 Å². The second-order valence-corrected chi connectivity index (χ2v) is 6.44. The van der Waals surface area contributed by atoms with Crippen molar-refractivity contribution in [2.75, 3.05) is 0 Å². The number of hydrogen-bond donors (Lipinski definition) is 1. The number of carboxylic acid groups (broad SMARTS) is 1.